The summed E-state index contributed by atoms with van der Waals surface area (Å²) in [6.07, 6.45) is -4.84. The molecular weight excluding hydrogens is 415 g/mol. The Labute approximate surface area is 163 Å². The van der Waals surface area contributed by atoms with Crippen LogP contribution in [0.4, 0.5) is 13.2 Å². The van der Waals surface area contributed by atoms with Crippen LogP contribution in [0.5, 0.6) is 11.5 Å². The maximum absolute atomic E-state index is 12.1. The number of amides is 1. The number of hydrogen-bond acceptors (Lipinski definition) is 6. The van der Waals surface area contributed by atoms with Gasteiger partial charge in [-0.3, -0.25) is 20.8 Å². The van der Waals surface area contributed by atoms with Crippen LogP contribution in [0, 0.1) is 5.41 Å². The van der Waals surface area contributed by atoms with Gasteiger partial charge in [0.2, 0.25) is 5.96 Å². The first kappa shape index (κ1) is 21.8. The minimum Gasteiger partial charge on any atom is -0.457 e. The predicted molar refractivity (Wildman–Crippen MR) is 95.3 cm³/mol. The van der Waals surface area contributed by atoms with Gasteiger partial charge >= 0.3 is 6.30 Å². The molecule has 1 amide bonds. The molecule has 0 saturated heterocycles. The molecule has 0 unspecified atom stereocenters. The second-order valence-electron chi connectivity index (χ2n) is 5.31. The zero-order valence-electron chi connectivity index (χ0n) is 14.7. The lowest BCUT2D eigenvalue weighted by atomic mass is 10.2. The van der Waals surface area contributed by atoms with Crippen molar-refractivity contribution in [3.05, 3.63) is 54.1 Å². The quantitative estimate of drug-likeness (QED) is 0.291. The average molecular weight is 429 g/mol. The number of nitrogens with one attached hydrogen (secondary N) is 3. The summed E-state index contributed by atoms with van der Waals surface area (Å²) in [5, 5.41) is 12.9. The maximum Gasteiger partial charge on any atom is 0.484 e. The van der Waals surface area contributed by atoms with E-state index in [1.54, 1.807) is 5.32 Å². The predicted octanol–water partition coefficient (Wildman–Crippen LogP) is 3.02. The third-order valence-electron chi connectivity index (χ3n) is 3.17. The molecule has 0 aliphatic rings. The zero-order valence-corrected chi connectivity index (χ0v) is 15.5. The van der Waals surface area contributed by atoms with Gasteiger partial charge in [-0.05, 0) is 48.5 Å². The minimum absolute atomic E-state index is 0.00237. The summed E-state index contributed by atoms with van der Waals surface area (Å²) in [5.41, 5.74) is -0.00237. The molecule has 2 aromatic carbocycles. The highest BCUT2D eigenvalue weighted by Gasteiger charge is 2.29. The first-order chi connectivity index (χ1) is 13.5. The number of hydrogen-bond donors (Lipinski definition) is 3. The van der Waals surface area contributed by atoms with Crippen LogP contribution in [0.25, 0.3) is 0 Å². The number of halogens is 3. The van der Waals surface area contributed by atoms with Crippen LogP contribution >= 0.6 is 0 Å². The van der Waals surface area contributed by atoms with E-state index in [0.717, 1.165) is 5.32 Å². The van der Waals surface area contributed by atoms with Crippen molar-refractivity contribution < 1.29 is 31.1 Å². The van der Waals surface area contributed by atoms with Crippen molar-refractivity contribution in [3.8, 4) is 11.5 Å². The van der Waals surface area contributed by atoms with Gasteiger partial charge in [-0.25, -0.2) is 0 Å². The van der Waals surface area contributed by atoms with Gasteiger partial charge in [0.1, 0.15) is 11.5 Å². The fraction of sp³-hybridized carbons (Fsp3) is 0.125. The lowest BCUT2D eigenvalue weighted by Gasteiger charge is -2.12. The molecule has 154 valence electrons. The van der Waals surface area contributed by atoms with Gasteiger partial charge < -0.3 is 4.74 Å². The van der Waals surface area contributed by atoms with Gasteiger partial charge in [0.25, 0.3) is 15.9 Å². The zero-order chi connectivity index (χ0) is 21.7. The van der Waals surface area contributed by atoms with Crippen LogP contribution in [-0.2, 0) is 10.0 Å². The number of rotatable bonds is 5. The van der Waals surface area contributed by atoms with Crippen LogP contribution in [0.3, 0.4) is 0 Å². The Kier molecular flexibility index (Phi) is 6.53. The molecule has 0 aliphatic carbocycles. The van der Waals surface area contributed by atoms with E-state index in [1.165, 1.54) is 55.6 Å². The van der Waals surface area contributed by atoms with Gasteiger partial charge in [0.15, 0.2) is 0 Å². The molecule has 13 heteroatoms. The van der Waals surface area contributed by atoms with Crippen LogP contribution in [-0.4, -0.2) is 33.6 Å². The maximum atomic E-state index is 12.1. The van der Waals surface area contributed by atoms with Gasteiger partial charge in [-0.1, -0.05) is 4.52 Å². The van der Waals surface area contributed by atoms with Crippen LogP contribution in [0.15, 0.2) is 63.1 Å². The largest absolute Gasteiger partial charge is 0.484 e. The normalized spacial score (nSPS) is 11.9. The number of ether oxygens (including phenoxy) is 1. The highest BCUT2D eigenvalue weighted by Crippen LogP contribution is 2.24. The Morgan fingerprint density at radius 3 is 2.03 bits per heavy atom. The van der Waals surface area contributed by atoms with Crippen molar-refractivity contribution in [2.75, 3.05) is 7.05 Å². The second-order valence-corrected chi connectivity index (χ2v) is 6.89. The Morgan fingerprint density at radius 2 is 1.55 bits per heavy atom. The van der Waals surface area contributed by atoms with E-state index >= 15 is 0 Å². The highest BCUT2D eigenvalue weighted by atomic mass is 32.2. The molecule has 3 N–H and O–H groups in total. The summed E-state index contributed by atoms with van der Waals surface area (Å²) in [6.45, 7) is 0. The van der Waals surface area contributed by atoms with E-state index in [2.05, 4.69) is 9.63 Å². The third-order valence-corrected chi connectivity index (χ3v) is 4.41. The van der Waals surface area contributed by atoms with Gasteiger partial charge in [-0.15, -0.1) is 0 Å². The molecule has 9 nitrogen and oxygen atoms in total. The van der Waals surface area contributed by atoms with E-state index in [4.69, 9.17) is 10.1 Å². The van der Waals surface area contributed by atoms with E-state index in [-0.39, 0.29) is 16.2 Å². The average Bonchev–Trinajstić information content (AvgIpc) is 2.61. The number of guanidine groups is 1. The molecule has 0 atom stereocenters. The molecule has 2 aromatic rings. The number of carbonyl (C=O) groups excluding carboxylic acids is 1. The molecule has 0 spiro atoms. The molecule has 0 fully saturated rings. The fourth-order valence-electron chi connectivity index (χ4n) is 2.00. The van der Waals surface area contributed by atoms with Crippen molar-refractivity contribution in [2.24, 2.45) is 9.63 Å². The Hall–Kier alpha value is -3.48. The summed E-state index contributed by atoms with van der Waals surface area (Å²) in [6, 6.07) is 10.7. The van der Waals surface area contributed by atoms with Crippen molar-refractivity contribution in [3.63, 3.8) is 0 Å². The molecule has 29 heavy (non-hydrogen) atoms. The number of alkyl halides is 3. The topological polar surface area (TPSA) is 133 Å². The monoisotopic (exact) mass is 429 g/mol. The molecule has 0 bridgehead atoms. The molecule has 0 heterocycles. The first-order valence-electron chi connectivity index (χ1n) is 7.69. The summed E-state index contributed by atoms with van der Waals surface area (Å²) in [4.78, 5) is 11.7. The molecule has 0 aromatic heterocycles. The van der Waals surface area contributed by atoms with Crippen LogP contribution < -0.4 is 15.4 Å². The lowest BCUT2D eigenvalue weighted by molar-refractivity contribution is -0.142. The van der Waals surface area contributed by atoms with E-state index < -0.39 is 28.2 Å². The Morgan fingerprint density at radius 1 is 1.03 bits per heavy atom. The first-order valence-corrected chi connectivity index (χ1v) is 9.13. The molecule has 0 radical (unpaired) electrons. The number of sulfonamides is 1. The van der Waals surface area contributed by atoms with E-state index in [1.807, 2.05) is 0 Å². The molecular formula is C16H14F3N5O4S. The fourth-order valence-corrected chi connectivity index (χ4v) is 2.79. The number of carbonyl (C=O) groups is 1. The van der Waals surface area contributed by atoms with Crippen molar-refractivity contribution in [1.82, 2.24) is 10.6 Å². The van der Waals surface area contributed by atoms with Crippen LogP contribution in [0.2, 0.25) is 0 Å². The van der Waals surface area contributed by atoms with Crippen molar-refractivity contribution in [2.45, 2.75) is 11.2 Å². The van der Waals surface area contributed by atoms with Gasteiger partial charge in [0.05, 0.1) is 4.90 Å². The smallest absolute Gasteiger partial charge is 0.457 e. The molecule has 2 rings (SSSR count). The molecule has 0 saturated carbocycles. The summed E-state index contributed by atoms with van der Waals surface area (Å²) < 4.78 is 68.4. The second kappa shape index (κ2) is 8.68. The standard InChI is InChI=1S/C16H14F3N5O4S/c1-21-24-29(26,27)13-8-6-12(7-9-13)28-11-4-2-10(3-5-11)14(25)22-15(20)23-16(17,18)19/h2-9H,1H3,(H3,20,22,23,25). The molecule has 0 aliphatic heterocycles. The number of nitrogens with zero attached hydrogens (tertiary/aromatic N) is 2. The van der Waals surface area contributed by atoms with E-state index in [0.29, 0.717) is 5.75 Å². The van der Waals surface area contributed by atoms with E-state index in [9.17, 15) is 26.4 Å². The summed E-state index contributed by atoms with van der Waals surface area (Å²) >= 11 is 0. The third kappa shape index (κ3) is 6.57. The summed E-state index contributed by atoms with van der Waals surface area (Å²) in [5.74, 6) is -1.54. The Bertz CT molecular complexity index is 1020. The van der Waals surface area contributed by atoms with Gasteiger partial charge in [0, 0.05) is 12.6 Å². The lowest BCUT2D eigenvalue weighted by Crippen LogP contribution is -2.46. The highest BCUT2D eigenvalue weighted by molar-refractivity contribution is 7.90. The minimum atomic E-state index is -4.84. The number of benzene rings is 2. The summed E-state index contributed by atoms with van der Waals surface area (Å²) in [7, 11) is -2.64. The van der Waals surface area contributed by atoms with Crippen LogP contribution in [0.1, 0.15) is 10.4 Å². The SMILES string of the molecule is CN=NS(=O)(=O)c1ccc(Oc2ccc(C(=O)NC(=N)NC(F)(F)F)cc2)cc1. The Balaban J connectivity index is 2.02. The van der Waals surface area contributed by atoms with Gasteiger partial charge in [-0.2, -0.15) is 26.7 Å². The van der Waals surface area contributed by atoms with Crippen molar-refractivity contribution >= 4 is 21.9 Å². The van der Waals surface area contributed by atoms with Crippen molar-refractivity contribution in [1.29, 1.82) is 5.41 Å².